The summed E-state index contributed by atoms with van der Waals surface area (Å²) in [4.78, 5) is 17.9. The molecule has 1 aliphatic rings. The third kappa shape index (κ3) is 6.54. The fraction of sp³-hybridized carbons (Fsp3) is 0.722. The molecule has 2 heterocycles. The number of likely N-dealkylation sites (tertiary alicyclic amines) is 1. The molecule has 1 fully saturated rings. The van der Waals surface area contributed by atoms with Gasteiger partial charge in [-0.05, 0) is 46.6 Å². The van der Waals surface area contributed by atoms with Crippen LogP contribution in [0.25, 0.3) is 0 Å². The summed E-state index contributed by atoms with van der Waals surface area (Å²) in [6.07, 6.45) is 0.627. The second kappa shape index (κ2) is 9.61. The van der Waals surface area contributed by atoms with Gasteiger partial charge in [0.1, 0.15) is 5.60 Å². The molecule has 2 rings (SSSR count). The zero-order valence-electron chi connectivity index (χ0n) is 17.4. The van der Waals surface area contributed by atoms with Gasteiger partial charge < -0.3 is 20.3 Å². The predicted octanol–water partition coefficient (Wildman–Crippen LogP) is 1.98. The molecule has 0 aromatic carbocycles. The molecule has 27 heavy (non-hydrogen) atoms. The molecule has 0 aliphatic carbocycles. The first-order valence-electron chi connectivity index (χ1n) is 9.05. The van der Waals surface area contributed by atoms with Crippen molar-refractivity contribution in [2.24, 2.45) is 12.0 Å². The number of ether oxygens (including phenoxy) is 1. The van der Waals surface area contributed by atoms with Crippen LogP contribution in [0.3, 0.4) is 0 Å². The Kier molecular flexibility index (Phi) is 8.37. The topological polar surface area (TPSA) is 83.8 Å². The molecule has 2 N–H and O–H groups in total. The molecule has 0 unspecified atom stereocenters. The zero-order valence-corrected chi connectivity index (χ0v) is 19.7. The fourth-order valence-electron chi connectivity index (χ4n) is 2.92. The number of carbonyl (C=O) groups excluding carboxylic acids is 1. The Balaban J connectivity index is 0.00000364. The number of rotatable bonds is 4. The maximum atomic E-state index is 12.0. The fourth-order valence-corrected chi connectivity index (χ4v) is 2.92. The Morgan fingerprint density at radius 3 is 2.44 bits per heavy atom. The second-order valence-corrected chi connectivity index (χ2v) is 7.75. The minimum atomic E-state index is -0.463. The van der Waals surface area contributed by atoms with Crippen molar-refractivity contribution in [3.05, 3.63) is 17.0 Å². The lowest BCUT2D eigenvalue weighted by Gasteiger charge is -2.40. The average molecular weight is 492 g/mol. The molecule has 1 aromatic rings. The van der Waals surface area contributed by atoms with E-state index >= 15 is 0 Å². The van der Waals surface area contributed by atoms with Crippen LogP contribution in [0.1, 0.15) is 37.7 Å². The standard InChI is InChI=1S/C18H32N6O2.HI/c1-12-15(13(2)23(7)22-12)8-9-20-16(19-6)21-14-10-24(11-14)17(25)26-18(3,4)5;/h14H,8-11H2,1-7H3,(H2,19,20,21);1H. The number of hydrogen-bond acceptors (Lipinski definition) is 4. The van der Waals surface area contributed by atoms with E-state index < -0.39 is 5.60 Å². The van der Waals surface area contributed by atoms with Gasteiger partial charge in [-0.3, -0.25) is 9.67 Å². The lowest BCUT2D eigenvalue weighted by molar-refractivity contribution is 0.00701. The van der Waals surface area contributed by atoms with E-state index in [-0.39, 0.29) is 36.1 Å². The maximum Gasteiger partial charge on any atom is 0.410 e. The van der Waals surface area contributed by atoms with Crippen LogP contribution in [0.15, 0.2) is 4.99 Å². The van der Waals surface area contributed by atoms with Crippen molar-refractivity contribution in [1.29, 1.82) is 0 Å². The summed E-state index contributed by atoms with van der Waals surface area (Å²) in [5.74, 6) is 0.748. The molecule has 0 spiro atoms. The Bertz CT molecular complexity index is 674. The Morgan fingerprint density at radius 1 is 1.33 bits per heavy atom. The number of amides is 1. The van der Waals surface area contributed by atoms with Crippen molar-refractivity contribution in [2.45, 2.75) is 52.7 Å². The molecule has 8 nitrogen and oxygen atoms in total. The van der Waals surface area contributed by atoms with Crippen LogP contribution < -0.4 is 10.6 Å². The van der Waals surface area contributed by atoms with Crippen LogP contribution in [-0.4, -0.2) is 65.1 Å². The molecule has 1 amide bonds. The normalized spacial score (nSPS) is 15.1. The van der Waals surface area contributed by atoms with Gasteiger partial charge in [0.25, 0.3) is 0 Å². The molecule has 1 aromatic heterocycles. The zero-order chi connectivity index (χ0) is 19.5. The summed E-state index contributed by atoms with van der Waals surface area (Å²) in [5, 5.41) is 11.1. The molecule has 154 valence electrons. The average Bonchev–Trinajstić information content (AvgIpc) is 2.72. The van der Waals surface area contributed by atoms with Crippen LogP contribution in [0.5, 0.6) is 0 Å². The number of nitrogens with zero attached hydrogens (tertiary/aromatic N) is 4. The molecular formula is C18H33IN6O2. The summed E-state index contributed by atoms with van der Waals surface area (Å²) in [6.45, 7) is 11.8. The van der Waals surface area contributed by atoms with Gasteiger partial charge >= 0.3 is 6.09 Å². The monoisotopic (exact) mass is 492 g/mol. The van der Waals surface area contributed by atoms with Gasteiger partial charge in [0, 0.05) is 39.4 Å². The first-order chi connectivity index (χ1) is 12.1. The van der Waals surface area contributed by atoms with Crippen molar-refractivity contribution >= 4 is 36.0 Å². The number of guanidine groups is 1. The molecule has 0 saturated carbocycles. The van der Waals surface area contributed by atoms with Gasteiger partial charge in [0.2, 0.25) is 0 Å². The Hall–Kier alpha value is -1.52. The van der Waals surface area contributed by atoms with Gasteiger partial charge in [-0.25, -0.2) is 4.79 Å². The molecule has 0 radical (unpaired) electrons. The summed E-state index contributed by atoms with van der Waals surface area (Å²) in [7, 11) is 3.72. The Labute approximate surface area is 179 Å². The van der Waals surface area contributed by atoms with E-state index in [0.717, 1.165) is 24.6 Å². The van der Waals surface area contributed by atoms with E-state index in [1.807, 2.05) is 39.4 Å². The van der Waals surface area contributed by atoms with Crippen LogP contribution in [0, 0.1) is 13.8 Å². The second-order valence-electron chi connectivity index (χ2n) is 7.75. The van der Waals surface area contributed by atoms with E-state index in [2.05, 4.69) is 27.6 Å². The quantitative estimate of drug-likeness (QED) is 0.382. The highest BCUT2D eigenvalue weighted by atomic mass is 127. The first kappa shape index (κ1) is 23.5. The molecule has 1 saturated heterocycles. The number of aromatic nitrogens is 2. The first-order valence-corrected chi connectivity index (χ1v) is 9.05. The van der Waals surface area contributed by atoms with E-state index in [0.29, 0.717) is 13.1 Å². The van der Waals surface area contributed by atoms with Gasteiger partial charge in [0.05, 0.1) is 11.7 Å². The number of carbonyl (C=O) groups is 1. The molecule has 0 atom stereocenters. The molecule has 0 bridgehead atoms. The van der Waals surface area contributed by atoms with E-state index in [1.165, 1.54) is 11.3 Å². The summed E-state index contributed by atoms with van der Waals surface area (Å²) >= 11 is 0. The molecular weight excluding hydrogens is 459 g/mol. The van der Waals surface area contributed by atoms with Crippen LogP contribution in [-0.2, 0) is 18.2 Å². The minimum absolute atomic E-state index is 0. The smallest absolute Gasteiger partial charge is 0.410 e. The van der Waals surface area contributed by atoms with Gasteiger partial charge in [-0.15, -0.1) is 24.0 Å². The number of aliphatic imine (C=N–C) groups is 1. The van der Waals surface area contributed by atoms with E-state index in [9.17, 15) is 4.79 Å². The Morgan fingerprint density at radius 2 is 1.96 bits per heavy atom. The SMILES string of the molecule is CN=C(NCCc1c(C)nn(C)c1C)NC1CN(C(=O)OC(C)(C)C)C1.I. The molecule has 9 heteroatoms. The number of hydrogen-bond donors (Lipinski definition) is 2. The number of aryl methyl sites for hydroxylation is 2. The highest BCUT2D eigenvalue weighted by molar-refractivity contribution is 14.0. The van der Waals surface area contributed by atoms with E-state index in [4.69, 9.17) is 4.74 Å². The summed E-state index contributed by atoms with van der Waals surface area (Å²) < 4.78 is 7.28. The lowest BCUT2D eigenvalue weighted by Crippen LogP contribution is -2.63. The lowest BCUT2D eigenvalue weighted by atomic mass is 10.1. The van der Waals surface area contributed by atoms with Crippen molar-refractivity contribution in [1.82, 2.24) is 25.3 Å². The van der Waals surface area contributed by atoms with Gasteiger partial charge in [-0.2, -0.15) is 5.10 Å². The highest BCUT2D eigenvalue weighted by Gasteiger charge is 2.34. The largest absolute Gasteiger partial charge is 0.444 e. The third-order valence-corrected chi connectivity index (χ3v) is 4.42. The number of halogens is 1. The van der Waals surface area contributed by atoms with Crippen molar-refractivity contribution in [3.8, 4) is 0 Å². The third-order valence-electron chi connectivity index (χ3n) is 4.42. The van der Waals surface area contributed by atoms with E-state index in [1.54, 1.807) is 11.9 Å². The van der Waals surface area contributed by atoms with Crippen molar-refractivity contribution in [2.75, 3.05) is 26.7 Å². The van der Waals surface area contributed by atoms with Crippen LogP contribution in [0.4, 0.5) is 4.79 Å². The van der Waals surface area contributed by atoms with Gasteiger partial charge in [0.15, 0.2) is 5.96 Å². The highest BCUT2D eigenvalue weighted by Crippen LogP contribution is 2.15. The van der Waals surface area contributed by atoms with Crippen molar-refractivity contribution in [3.63, 3.8) is 0 Å². The summed E-state index contributed by atoms with van der Waals surface area (Å²) in [5.41, 5.74) is 3.08. The van der Waals surface area contributed by atoms with Gasteiger partial charge in [-0.1, -0.05) is 0 Å². The van der Waals surface area contributed by atoms with Crippen LogP contribution in [0.2, 0.25) is 0 Å². The number of nitrogens with one attached hydrogen (secondary N) is 2. The predicted molar refractivity (Wildman–Crippen MR) is 118 cm³/mol. The maximum absolute atomic E-state index is 12.0. The minimum Gasteiger partial charge on any atom is -0.444 e. The van der Waals surface area contributed by atoms with Crippen LogP contribution >= 0.6 is 24.0 Å². The molecule has 1 aliphatic heterocycles. The van der Waals surface area contributed by atoms with Crippen molar-refractivity contribution < 1.29 is 9.53 Å². The summed E-state index contributed by atoms with van der Waals surface area (Å²) in [6, 6.07) is 0.190.